The number of nitrogens with zero attached hydrogens (tertiary/aromatic N) is 2. The SMILES string of the molecule is CCCOCCNc1nc(-c2ccc(F)nc2)ccc1N. The summed E-state index contributed by atoms with van der Waals surface area (Å²) in [6, 6.07) is 6.48. The molecule has 0 amide bonds. The van der Waals surface area contributed by atoms with Gasteiger partial charge in [-0.15, -0.1) is 0 Å². The summed E-state index contributed by atoms with van der Waals surface area (Å²) in [4.78, 5) is 8.06. The Morgan fingerprint density at radius 2 is 2.10 bits per heavy atom. The topological polar surface area (TPSA) is 73.1 Å². The van der Waals surface area contributed by atoms with Crippen LogP contribution in [0.2, 0.25) is 0 Å². The van der Waals surface area contributed by atoms with Crippen molar-refractivity contribution in [1.29, 1.82) is 0 Å². The van der Waals surface area contributed by atoms with Gasteiger partial charge in [0.1, 0.15) is 5.82 Å². The summed E-state index contributed by atoms with van der Waals surface area (Å²) in [5, 5.41) is 3.14. The number of halogens is 1. The van der Waals surface area contributed by atoms with Crippen LogP contribution in [0.4, 0.5) is 15.9 Å². The minimum Gasteiger partial charge on any atom is -0.396 e. The zero-order valence-corrected chi connectivity index (χ0v) is 12.0. The van der Waals surface area contributed by atoms with E-state index in [4.69, 9.17) is 10.5 Å². The standard InChI is InChI=1S/C15H19FN4O/c1-2-8-21-9-7-18-15-12(17)4-5-13(20-15)11-3-6-14(16)19-10-11/h3-6,10H,2,7-9,17H2,1H3,(H,18,20). The molecule has 2 aromatic heterocycles. The maximum absolute atomic E-state index is 12.8. The molecule has 6 heteroatoms. The minimum absolute atomic E-state index is 0.513. The third kappa shape index (κ3) is 4.39. The number of nitrogen functional groups attached to an aromatic ring is 1. The molecule has 112 valence electrons. The van der Waals surface area contributed by atoms with Crippen LogP contribution in [0.15, 0.2) is 30.5 Å². The van der Waals surface area contributed by atoms with E-state index in [2.05, 4.69) is 22.2 Å². The van der Waals surface area contributed by atoms with E-state index in [1.807, 2.05) is 0 Å². The quantitative estimate of drug-likeness (QED) is 0.606. The van der Waals surface area contributed by atoms with E-state index in [9.17, 15) is 4.39 Å². The Hall–Kier alpha value is -2.21. The van der Waals surface area contributed by atoms with E-state index >= 15 is 0 Å². The number of hydrogen-bond acceptors (Lipinski definition) is 5. The molecule has 0 radical (unpaired) electrons. The van der Waals surface area contributed by atoms with Crippen molar-refractivity contribution < 1.29 is 9.13 Å². The van der Waals surface area contributed by atoms with Gasteiger partial charge in [-0.1, -0.05) is 6.92 Å². The van der Waals surface area contributed by atoms with E-state index in [1.165, 1.54) is 12.3 Å². The second-order valence-corrected chi connectivity index (χ2v) is 4.54. The molecule has 3 N–H and O–H groups in total. The van der Waals surface area contributed by atoms with E-state index < -0.39 is 5.95 Å². The molecule has 2 aromatic rings. The number of nitrogens with one attached hydrogen (secondary N) is 1. The molecule has 5 nitrogen and oxygen atoms in total. The lowest BCUT2D eigenvalue weighted by atomic mass is 10.2. The summed E-state index contributed by atoms with van der Waals surface area (Å²) in [5.41, 5.74) is 7.88. The monoisotopic (exact) mass is 290 g/mol. The first kappa shape index (κ1) is 15.2. The van der Waals surface area contributed by atoms with E-state index in [1.54, 1.807) is 18.2 Å². The predicted molar refractivity (Wildman–Crippen MR) is 81.4 cm³/mol. The first-order valence-corrected chi connectivity index (χ1v) is 6.90. The smallest absolute Gasteiger partial charge is 0.212 e. The van der Waals surface area contributed by atoms with Crippen molar-refractivity contribution in [1.82, 2.24) is 9.97 Å². The second-order valence-electron chi connectivity index (χ2n) is 4.54. The molecule has 21 heavy (non-hydrogen) atoms. The van der Waals surface area contributed by atoms with Gasteiger partial charge in [-0.25, -0.2) is 9.97 Å². The average Bonchev–Trinajstić information content (AvgIpc) is 2.50. The van der Waals surface area contributed by atoms with Crippen molar-refractivity contribution >= 4 is 11.5 Å². The highest BCUT2D eigenvalue weighted by molar-refractivity contribution is 5.68. The van der Waals surface area contributed by atoms with Crippen LogP contribution in [0.3, 0.4) is 0 Å². The molecule has 0 saturated carbocycles. The van der Waals surface area contributed by atoms with Crippen LogP contribution < -0.4 is 11.1 Å². The predicted octanol–water partition coefficient (Wildman–Crippen LogP) is 2.70. The van der Waals surface area contributed by atoms with Gasteiger partial charge in [0.2, 0.25) is 5.95 Å². The van der Waals surface area contributed by atoms with Crippen LogP contribution in [-0.4, -0.2) is 29.7 Å². The van der Waals surface area contributed by atoms with Gasteiger partial charge < -0.3 is 15.8 Å². The van der Waals surface area contributed by atoms with Crippen LogP contribution in [0.1, 0.15) is 13.3 Å². The Kier molecular flexibility index (Phi) is 5.45. The highest BCUT2D eigenvalue weighted by Crippen LogP contribution is 2.22. The molecule has 0 bridgehead atoms. The largest absolute Gasteiger partial charge is 0.396 e. The number of ether oxygens (including phenoxy) is 1. The Bertz CT molecular complexity index is 574. The van der Waals surface area contributed by atoms with Crippen molar-refractivity contribution in [3.63, 3.8) is 0 Å². The van der Waals surface area contributed by atoms with Crippen molar-refractivity contribution in [3.05, 3.63) is 36.4 Å². The number of aromatic nitrogens is 2. The first-order chi connectivity index (χ1) is 10.2. The second kappa shape index (κ2) is 7.54. The molecular formula is C15H19FN4O. The normalized spacial score (nSPS) is 10.6. The number of anilines is 2. The summed E-state index contributed by atoms with van der Waals surface area (Å²) in [6.07, 6.45) is 2.44. The van der Waals surface area contributed by atoms with E-state index in [0.717, 1.165) is 18.6 Å². The lowest BCUT2D eigenvalue weighted by Gasteiger charge is -2.10. The molecule has 0 aliphatic heterocycles. The van der Waals surface area contributed by atoms with Crippen molar-refractivity contribution in [2.45, 2.75) is 13.3 Å². The minimum atomic E-state index is -0.513. The van der Waals surface area contributed by atoms with Crippen LogP contribution in [-0.2, 0) is 4.74 Å². The summed E-state index contributed by atoms with van der Waals surface area (Å²) >= 11 is 0. The third-order valence-electron chi connectivity index (χ3n) is 2.84. The van der Waals surface area contributed by atoms with Crippen LogP contribution in [0.5, 0.6) is 0 Å². The Morgan fingerprint density at radius 1 is 1.24 bits per heavy atom. The lowest BCUT2D eigenvalue weighted by molar-refractivity contribution is 0.144. The zero-order chi connectivity index (χ0) is 15.1. The molecule has 2 heterocycles. The molecule has 2 rings (SSSR count). The fourth-order valence-corrected chi connectivity index (χ4v) is 1.79. The molecule has 0 atom stereocenters. The molecule has 0 unspecified atom stereocenters. The van der Waals surface area contributed by atoms with Gasteiger partial charge in [-0.2, -0.15) is 4.39 Å². The van der Waals surface area contributed by atoms with Crippen LogP contribution in [0, 0.1) is 5.95 Å². The van der Waals surface area contributed by atoms with Crippen LogP contribution >= 0.6 is 0 Å². The van der Waals surface area contributed by atoms with Gasteiger partial charge in [-0.3, -0.25) is 0 Å². The van der Waals surface area contributed by atoms with Crippen molar-refractivity contribution in [3.8, 4) is 11.3 Å². The van der Waals surface area contributed by atoms with Gasteiger partial charge in [0.15, 0.2) is 0 Å². The Labute approximate surface area is 123 Å². The Balaban J connectivity index is 2.04. The molecule has 0 saturated heterocycles. The number of rotatable bonds is 7. The molecular weight excluding hydrogens is 271 g/mol. The molecule has 0 aliphatic rings. The van der Waals surface area contributed by atoms with Gasteiger partial charge >= 0.3 is 0 Å². The van der Waals surface area contributed by atoms with Gasteiger partial charge in [0, 0.05) is 24.9 Å². The summed E-state index contributed by atoms with van der Waals surface area (Å²) in [5.74, 6) is 0.0811. The first-order valence-electron chi connectivity index (χ1n) is 6.90. The summed E-state index contributed by atoms with van der Waals surface area (Å²) in [6.45, 7) is 4.03. The fraction of sp³-hybridized carbons (Fsp3) is 0.333. The highest BCUT2D eigenvalue weighted by Gasteiger charge is 2.05. The highest BCUT2D eigenvalue weighted by atomic mass is 19.1. The maximum Gasteiger partial charge on any atom is 0.212 e. The van der Waals surface area contributed by atoms with Gasteiger partial charge in [0.05, 0.1) is 18.0 Å². The Morgan fingerprint density at radius 3 is 2.81 bits per heavy atom. The lowest BCUT2D eigenvalue weighted by Crippen LogP contribution is -2.12. The molecule has 0 aliphatic carbocycles. The van der Waals surface area contributed by atoms with E-state index in [0.29, 0.717) is 30.4 Å². The number of pyridine rings is 2. The zero-order valence-electron chi connectivity index (χ0n) is 12.0. The number of nitrogens with two attached hydrogens (primary N) is 1. The third-order valence-corrected chi connectivity index (χ3v) is 2.84. The number of hydrogen-bond donors (Lipinski definition) is 2. The van der Waals surface area contributed by atoms with Crippen molar-refractivity contribution in [2.75, 3.05) is 30.8 Å². The van der Waals surface area contributed by atoms with Gasteiger partial charge in [0.25, 0.3) is 0 Å². The average molecular weight is 290 g/mol. The summed E-state index contributed by atoms with van der Waals surface area (Å²) < 4.78 is 18.2. The maximum atomic E-state index is 12.8. The summed E-state index contributed by atoms with van der Waals surface area (Å²) in [7, 11) is 0. The van der Waals surface area contributed by atoms with Crippen LogP contribution in [0.25, 0.3) is 11.3 Å². The molecule has 0 fully saturated rings. The fourth-order valence-electron chi connectivity index (χ4n) is 1.79. The molecule has 0 aromatic carbocycles. The van der Waals surface area contributed by atoms with Gasteiger partial charge in [-0.05, 0) is 30.7 Å². The van der Waals surface area contributed by atoms with E-state index in [-0.39, 0.29) is 0 Å². The molecule has 0 spiro atoms. The van der Waals surface area contributed by atoms with Crippen molar-refractivity contribution in [2.24, 2.45) is 0 Å².